The highest BCUT2D eigenvalue weighted by Crippen LogP contribution is 2.17. The molecule has 0 heterocycles. The second kappa shape index (κ2) is 14.0. The molecule has 216 valence electrons. The largest absolute Gasteiger partial charge is 0.423 e. The van der Waals surface area contributed by atoms with Crippen LogP contribution in [0, 0.1) is 10.1 Å². The van der Waals surface area contributed by atoms with Crippen LogP contribution in [-0.2, 0) is 4.79 Å². The third-order valence-corrected chi connectivity index (χ3v) is 6.03. The first-order valence-corrected chi connectivity index (χ1v) is 13.0. The quantitative estimate of drug-likeness (QED) is 0.0688. The highest BCUT2D eigenvalue weighted by molar-refractivity contribution is 6.05. The second-order valence-corrected chi connectivity index (χ2v) is 9.33. The number of hydrazone groups is 1. The average Bonchev–Trinajstić information content (AvgIpc) is 3.02. The van der Waals surface area contributed by atoms with E-state index in [-0.39, 0.29) is 22.7 Å². The Morgan fingerprint density at radius 2 is 1.44 bits per heavy atom. The molecule has 11 heteroatoms. The predicted molar refractivity (Wildman–Crippen MR) is 163 cm³/mol. The molecule has 2 N–H and O–H groups in total. The van der Waals surface area contributed by atoms with Crippen molar-refractivity contribution in [3.63, 3.8) is 0 Å². The number of anilines is 1. The smallest absolute Gasteiger partial charge is 0.343 e. The van der Waals surface area contributed by atoms with E-state index in [4.69, 9.17) is 4.74 Å². The molecule has 0 aliphatic rings. The average molecular weight is 578 g/mol. The van der Waals surface area contributed by atoms with Crippen molar-refractivity contribution in [2.24, 2.45) is 5.10 Å². The number of non-ortho nitro benzene ring substituents is 1. The molecule has 11 nitrogen and oxygen atoms in total. The van der Waals surface area contributed by atoms with Crippen molar-refractivity contribution in [3.05, 3.63) is 141 Å². The number of nitrogens with one attached hydrogen (secondary N) is 2. The van der Waals surface area contributed by atoms with Gasteiger partial charge in [0.2, 0.25) is 0 Å². The van der Waals surface area contributed by atoms with Gasteiger partial charge in [0.05, 0.1) is 16.7 Å². The number of ether oxygens (including phenoxy) is 1. The van der Waals surface area contributed by atoms with Gasteiger partial charge in [-0.25, -0.2) is 10.2 Å². The summed E-state index contributed by atoms with van der Waals surface area (Å²) in [6, 6.07) is 27.4. The summed E-state index contributed by atoms with van der Waals surface area (Å²) >= 11 is 0. The first kappa shape index (κ1) is 29.9. The standard InChI is InChI=1S/C32H27N5O6/c1-36(2)26-14-8-22(9-15-26)20-29(34-30(38)24-6-4-3-5-7-24)31(39)35-33-21-23-10-18-28(19-11-23)43-32(40)25-12-16-27(17-13-25)37(41)42/h3-21H,1-2H3,(H,34,38)(H,35,39)/b29-20-,33-21-. The maximum atomic E-state index is 13.0. The molecule has 0 spiro atoms. The number of nitro benzene ring substituents is 1. The molecular formula is C32H27N5O6. The second-order valence-electron chi connectivity index (χ2n) is 9.33. The highest BCUT2D eigenvalue weighted by Gasteiger charge is 2.15. The van der Waals surface area contributed by atoms with Crippen LogP contribution in [0.1, 0.15) is 31.8 Å². The van der Waals surface area contributed by atoms with Crippen molar-refractivity contribution in [3.8, 4) is 5.75 Å². The first-order chi connectivity index (χ1) is 20.7. The monoisotopic (exact) mass is 577 g/mol. The molecular weight excluding hydrogens is 550 g/mol. The maximum absolute atomic E-state index is 13.0. The fourth-order valence-corrected chi connectivity index (χ4v) is 3.71. The number of rotatable bonds is 10. The predicted octanol–water partition coefficient (Wildman–Crippen LogP) is 4.80. The van der Waals surface area contributed by atoms with Gasteiger partial charge >= 0.3 is 5.97 Å². The zero-order valence-corrected chi connectivity index (χ0v) is 23.3. The molecule has 0 saturated carbocycles. The van der Waals surface area contributed by atoms with Gasteiger partial charge in [0.15, 0.2) is 0 Å². The Hall–Kier alpha value is -6.10. The van der Waals surface area contributed by atoms with Crippen LogP contribution in [0.5, 0.6) is 5.75 Å². The summed E-state index contributed by atoms with van der Waals surface area (Å²) in [6.07, 6.45) is 2.95. The minimum absolute atomic E-state index is 0.00268. The zero-order valence-electron chi connectivity index (χ0n) is 23.3. The Morgan fingerprint density at radius 3 is 2.05 bits per heavy atom. The van der Waals surface area contributed by atoms with Gasteiger partial charge < -0.3 is 15.0 Å². The number of carbonyl (C=O) groups is 3. The third-order valence-electron chi connectivity index (χ3n) is 6.03. The van der Waals surface area contributed by atoms with Gasteiger partial charge in [0, 0.05) is 37.5 Å². The van der Waals surface area contributed by atoms with Crippen LogP contribution in [0.2, 0.25) is 0 Å². The van der Waals surface area contributed by atoms with Crippen LogP contribution in [0.4, 0.5) is 11.4 Å². The molecule has 0 aliphatic heterocycles. The molecule has 0 aromatic heterocycles. The number of esters is 1. The number of hydrogen-bond donors (Lipinski definition) is 2. The van der Waals surface area contributed by atoms with Crippen molar-refractivity contribution in [1.29, 1.82) is 0 Å². The zero-order chi connectivity index (χ0) is 30.8. The van der Waals surface area contributed by atoms with Gasteiger partial charge in [-0.2, -0.15) is 5.10 Å². The van der Waals surface area contributed by atoms with Gasteiger partial charge in [-0.1, -0.05) is 30.3 Å². The summed E-state index contributed by atoms with van der Waals surface area (Å²) in [5.41, 5.74) is 5.12. The summed E-state index contributed by atoms with van der Waals surface area (Å²) in [7, 11) is 3.84. The number of carbonyl (C=O) groups excluding carboxylic acids is 3. The van der Waals surface area contributed by atoms with Gasteiger partial charge in [-0.15, -0.1) is 0 Å². The lowest BCUT2D eigenvalue weighted by Crippen LogP contribution is -2.32. The molecule has 0 saturated heterocycles. The summed E-state index contributed by atoms with van der Waals surface area (Å²) < 4.78 is 5.31. The van der Waals surface area contributed by atoms with E-state index in [0.29, 0.717) is 16.7 Å². The number of nitrogens with zero attached hydrogens (tertiary/aromatic N) is 3. The Kier molecular flexibility index (Phi) is 9.72. The minimum Gasteiger partial charge on any atom is -0.423 e. The van der Waals surface area contributed by atoms with E-state index in [1.54, 1.807) is 48.5 Å². The Balaban J connectivity index is 1.42. The summed E-state index contributed by atoms with van der Waals surface area (Å²) in [5, 5.41) is 17.4. The molecule has 0 bridgehead atoms. The number of hydrogen-bond acceptors (Lipinski definition) is 8. The van der Waals surface area contributed by atoms with E-state index in [9.17, 15) is 24.5 Å². The molecule has 43 heavy (non-hydrogen) atoms. The van der Waals surface area contributed by atoms with Crippen LogP contribution >= 0.6 is 0 Å². The van der Waals surface area contributed by atoms with Crippen LogP contribution in [0.25, 0.3) is 6.08 Å². The van der Waals surface area contributed by atoms with Gasteiger partial charge in [-0.05, 0) is 77.9 Å². The molecule has 0 unspecified atom stereocenters. The topological polar surface area (TPSA) is 143 Å². The van der Waals surface area contributed by atoms with Gasteiger partial charge in [0.25, 0.3) is 17.5 Å². The fourth-order valence-electron chi connectivity index (χ4n) is 3.71. The Bertz CT molecular complexity index is 1660. The molecule has 0 aliphatic carbocycles. The van der Waals surface area contributed by atoms with Crippen LogP contribution in [0.3, 0.4) is 0 Å². The molecule has 0 radical (unpaired) electrons. The minimum atomic E-state index is -0.670. The van der Waals surface area contributed by atoms with Gasteiger partial charge in [0.1, 0.15) is 11.4 Å². The first-order valence-electron chi connectivity index (χ1n) is 13.0. The third kappa shape index (κ3) is 8.44. The lowest BCUT2D eigenvalue weighted by atomic mass is 10.1. The molecule has 0 fully saturated rings. The fraction of sp³-hybridized carbons (Fsp3) is 0.0625. The summed E-state index contributed by atoms with van der Waals surface area (Å²) in [5.74, 6) is -1.50. The van der Waals surface area contributed by atoms with Crippen LogP contribution < -0.4 is 20.4 Å². The van der Waals surface area contributed by atoms with Gasteiger partial charge in [-0.3, -0.25) is 19.7 Å². The van der Waals surface area contributed by atoms with Crippen molar-refractivity contribution in [2.45, 2.75) is 0 Å². The number of amides is 2. The van der Waals surface area contributed by atoms with E-state index in [1.807, 2.05) is 43.3 Å². The van der Waals surface area contributed by atoms with Crippen molar-refractivity contribution < 1.29 is 24.0 Å². The molecule has 4 aromatic rings. The lowest BCUT2D eigenvalue weighted by molar-refractivity contribution is -0.384. The SMILES string of the molecule is CN(C)c1ccc(/C=C(\NC(=O)c2ccccc2)C(=O)N/N=C\c2ccc(OC(=O)c3ccc([N+](=O)[O-])cc3)cc2)cc1. The summed E-state index contributed by atoms with van der Waals surface area (Å²) in [6.45, 7) is 0. The van der Waals surface area contributed by atoms with Crippen molar-refractivity contribution >= 4 is 41.4 Å². The maximum Gasteiger partial charge on any atom is 0.343 e. The van der Waals surface area contributed by atoms with Crippen LogP contribution in [0.15, 0.2) is 114 Å². The van der Waals surface area contributed by atoms with E-state index < -0.39 is 22.7 Å². The van der Waals surface area contributed by atoms with E-state index >= 15 is 0 Å². The lowest BCUT2D eigenvalue weighted by Gasteiger charge is -2.12. The number of nitro groups is 1. The molecule has 0 atom stereocenters. The van der Waals surface area contributed by atoms with Crippen molar-refractivity contribution in [2.75, 3.05) is 19.0 Å². The summed E-state index contributed by atoms with van der Waals surface area (Å²) in [4.78, 5) is 50.3. The molecule has 2 amide bonds. The number of benzene rings is 4. The van der Waals surface area contributed by atoms with E-state index in [1.165, 1.54) is 42.6 Å². The van der Waals surface area contributed by atoms with Crippen molar-refractivity contribution in [1.82, 2.24) is 10.7 Å². The normalized spacial score (nSPS) is 11.1. The molecule has 4 rings (SSSR count). The van der Waals surface area contributed by atoms with Crippen LogP contribution in [-0.4, -0.2) is 43.0 Å². The van der Waals surface area contributed by atoms with E-state index in [0.717, 1.165) is 5.69 Å². The Morgan fingerprint density at radius 1 is 0.814 bits per heavy atom. The highest BCUT2D eigenvalue weighted by atomic mass is 16.6. The van der Waals surface area contributed by atoms with E-state index in [2.05, 4.69) is 15.8 Å². The molecule has 4 aromatic carbocycles. The Labute approximate surface area is 247 Å².